The minimum absolute atomic E-state index is 0.427. The molecular formula is C8H14N4O. The van der Waals surface area contributed by atoms with E-state index in [0.717, 1.165) is 5.82 Å². The van der Waals surface area contributed by atoms with Crippen LogP contribution in [0.5, 0.6) is 6.01 Å². The van der Waals surface area contributed by atoms with Gasteiger partial charge in [0.1, 0.15) is 5.82 Å². The van der Waals surface area contributed by atoms with Crippen LogP contribution in [0, 0.1) is 0 Å². The van der Waals surface area contributed by atoms with Crippen LogP contribution < -0.4 is 10.5 Å². The van der Waals surface area contributed by atoms with Gasteiger partial charge >= 0.3 is 6.01 Å². The van der Waals surface area contributed by atoms with E-state index in [2.05, 4.69) is 10.2 Å². The number of nitrogens with zero attached hydrogens (tertiary/aromatic N) is 3. The van der Waals surface area contributed by atoms with Gasteiger partial charge in [-0.3, -0.25) is 4.57 Å². The molecule has 1 aromatic rings. The first kappa shape index (κ1) is 8.50. The number of hydrogen-bond donors (Lipinski definition) is 1. The van der Waals surface area contributed by atoms with Crippen molar-refractivity contribution in [3.05, 3.63) is 5.82 Å². The van der Waals surface area contributed by atoms with Crippen LogP contribution in [0.3, 0.4) is 0 Å². The fourth-order valence-corrected chi connectivity index (χ4v) is 1.37. The fraction of sp³-hybridized carbons (Fsp3) is 0.750. The molecule has 72 valence electrons. The van der Waals surface area contributed by atoms with Crippen LogP contribution in [0.15, 0.2) is 0 Å². The maximum absolute atomic E-state index is 5.55. The van der Waals surface area contributed by atoms with Gasteiger partial charge in [0.15, 0.2) is 0 Å². The van der Waals surface area contributed by atoms with E-state index in [4.69, 9.17) is 10.5 Å². The highest BCUT2D eigenvalue weighted by Crippen LogP contribution is 2.38. The van der Waals surface area contributed by atoms with E-state index in [9.17, 15) is 0 Å². The molecule has 1 aromatic heterocycles. The summed E-state index contributed by atoms with van der Waals surface area (Å²) in [6, 6.07) is 1.14. The van der Waals surface area contributed by atoms with Crippen LogP contribution >= 0.6 is 0 Å². The van der Waals surface area contributed by atoms with Gasteiger partial charge in [0, 0.05) is 6.04 Å². The van der Waals surface area contributed by atoms with Gasteiger partial charge in [-0.1, -0.05) is 5.10 Å². The zero-order chi connectivity index (χ0) is 9.26. The molecule has 1 heterocycles. The molecule has 5 nitrogen and oxygen atoms in total. The van der Waals surface area contributed by atoms with Gasteiger partial charge in [-0.15, -0.1) is 5.10 Å². The Morgan fingerprint density at radius 2 is 2.31 bits per heavy atom. The standard InChI is InChI=1S/C8H14N4O/c1-2-13-8-11-10-7(5-9)12(8)6-3-4-6/h6H,2-5,9H2,1H3. The van der Waals surface area contributed by atoms with E-state index in [1.165, 1.54) is 12.8 Å². The molecule has 0 unspecified atom stereocenters. The summed E-state index contributed by atoms with van der Waals surface area (Å²) in [6.07, 6.45) is 2.37. The average Bonchev–Trinajstić information content (AvgIpc) is 2.89. The second-order valence-corrected chi connectivity index (χ2v) is 3.14. The predicted octanol–water partition coefficient (Wildman–Crippen LogP) is 0.470. The first-order chi connectivity index (χ1) is 6.36. The van der Waals surface area contributed by atoms with Crippen molar-refractivity contribution < 1.29 is 4.74 Å². The molecule has 13 heavy (non-hydrogen) atoms. The summed E-state index contributed by atoms with van der Waals surface area (Å²) in [7, 11) is 0. The maximum atomic E-state index is 5.55. The Labute approximate surface area is 76.9 Å². The fourth-order valence-electron chi connectivity index (χ4n) is 1.37. The molecule has 1 saturated carbocycles. The van der Waals surface area contributed by atoms with Crippen molar-refractivity contribution in [1.82, 2.24) is 14.8 Å². The molecule has 1 aliphatic carbocycles. The molecule has 2 rings (SSSR count). The molecule has 1 fully saturated rings. The summed E-state index contributed by atoms with van der Waals surface area (Å²) in [5.41, 5.74) is 5.55. The number of hydrogen-bond acceptors (Lipinski definition) is 4. The first-order valence-electron chi connectivity index (χ1n) is 4.63. The van der Waals surface area contributed by atoms with Crippen LogP contribution in [0.4, 0.5) is 0 Å². The van der Waals surface area contributed by atoms with Gasteiger partial charge in [-0.05, 0) is 19.8 Å². The van der Waals surface area contributed by atoms with Crippen LogP contribution in [0.2, 0.25) is 0 Å². The van der Waals surface area contributed by atoms with Gasteiger partial charge in [-0.25, -0.2) is 0 Å². The predicted molar refractivity (Wildman–Crippen MR) is 47.4 cm³/mol. The third-order valence-electron chi connectivity index (χ3n) is 2.10. The van der Waals surface area contributed by atoms with Crippen molar-refractivity contribution in [3.8, 4) is 6.01 Å². The number of aromatic nitrogens is 3. The first-order valence-corrected chi connectivity index (χ1v) is 4.63. The largest absolute Gasteiger partial charge is 0.464 e. The van der Waals surface area contributed by atoms with Crippen LogP contribution in [0.1, 0.15) is 31.6 Å². The molecule has 0 aromatic carbocycles. The summed E-state index contributed by atoms with van der Waals surface area (Å²) in [5, 5.41) is 7.93. The number of ether oxygens (including phenoxy) is 1. The molecule has 0 radical (unpaired) electrons. The van der Waals surface area contributed by atoms with Crippen LogP contribution in [-0.4, -0.2) is 21.4 Å². The zero-order valence-electron chi connectivity index (χ0n) is 7.73. The van der Waals surface area contributed by atoms with Crippen molar-refractivity contribution in [2.45, 2.75) is 32.4 Å². The number of rotatable bonds is 4. The quantitative estimate of drug-likeness (QED) is 0.735. The smallest absolute Gasteiger partial charge is 0.317 e. The highest BCUT2D eigenvalue weighted by atomic mass is 16.5. The normalized spacial score (nSPS) is 16.2. The second-order valence-electron chi connectivity index (χ2n) is 3.14. The van der Waals surface area contributed by atoms with Crippen molar-refractivity contribution in [3.63, 3.8) is 0 Å². The topological polar surface area (TPSA) is 66.0 Å². The third-order valence-corrected chi connectivity index (χ3v) is 2.10. The lowest BCUT2D eigenvalue weighted by atomic mass is 10.5. The summed E-state index contributed by atoms with van der Waals surface area (Å²) in [6.45, 7) is 2.99. The van der Waals surface area contributed by atoms with Gasteiger partial charge < -0.3 is 10.5 Å². The monoisotopic (exact) mass is 182 g/mol. The molecule has 0 amide bonds. The minimum atomic E-state index is 0.427. The Bertz CT molecular complexity index is 292. The maximum Gasteiger partial charge on any atom is 0.317 e. The van der Waals surface area contributed by atoms with Crippen LogP contribution in [0.25, 0.3) is 0 Å². The van der Waals surface area contributed by atoms with Gasteiger partial charge in [0.2, 0.25) is 0 Å². The molecular weight excluding hydrogens is 168 g/mol. The Balaban J connectivity index is 2.27. The average molecular weight is 182 g/mol. The van der Waals surface area contributed by atoms with Crippen molar-refractivity contribution in [2.24, 2.45) is 5.73 Å². The van der Waals surface area contributed by atoms with Crippen molar-refractivity contribution in [2.75, 3.05) is 6.61 Å². The van der Waals surface area contributed by atoms with E-state index in [1.807, 2.05) is 11.5 Å². The SMILES string of the molecule is CCOc1nnc(CN)n1C1CC1. The Morgan fingerprint density at radius 1 is 1.54 bits per heavy atom. The molecule has 0 atom stereocenters. The Hall–Kier alpha value is -1.10. The van der Waals surface area contributed by atoms with Gasteiger partial charge in [-0.2, -0.15) is 0 Å². The zero-order valence-corrected chi connectivity index (χ0v) is 7.73. The van der Waals surface area contributed by atoms with E-state index in [0.29, 0.717) is 25.2 Å². The van der Waals surface area contributed by atoms with Crippen LogP contribution in [-0.2, 0) is 6.54 Å². The highest BCUT2D eigenvalue weighted by molar-refractivity contribution is 5.06. The molecule has 0 spiro atoms. The second kappa shape index (κ2) is 3.33. The van der Waals surface area contributed by atoms with E-state index < -0.39 is 0 Å². The molecule has 0 bridgehead atoms. The molecule has 2 N–H and O–H groups in total. The van der Waals surface area contributed by atoms with Crippen molar-refractivity contribution in [1.29, 1.82) is 0 Å². The molecule has 0 aliphatic heterocycles. The van der Waals surface area contributed by atoms with Gasteiger partial charge in [0.25, 0.3) is 0 Å². The molecule has 0 saturated heterocycles. The van der Waals surface area contributed by atoms with E-state index in [-0.39, 0.29) is 0 Å². The summed E-state index contributed by atoms with van der Waals surface area (Å²) >= 11 is 0. The van der Waals surface area contributed by atoms with Gasteiger partial charge in [0.05, 0.1) is 13.2 Å². The molecule has 5 heteroatoms. The lowest BCUT2D eigenvalue weighted by Gasteiger charge is -2.06. The summed E-state index contributed by atoms with van der Waals surface area (Å²) in [5.74, 6) is 0.825. The lowest BCUT2D eigenvalue weighted by Crippen LogP contribution is -2.09. The van der Waals surface area contributed by atoms with E-state index in [1.54, 1.807) is 0 Å². The molecule has 1 aliphatic rings. The third kappa shape index (κ3) is 1.51. The Kier molecular flexibility index (Phi) is 2.18. The number of nitrogens with two attached hydrogens (primary N) is 1. The summed E-state index contributed by atoms with van der Waals surface area (Å²) < 4.78 is 7.37. The lowest BCUT2D eigenvalue weighted by molar-refractivity contribution is 0.294. The van der Waals surface area contributed by atoms with E-state index >= 15 is 0 Å². The summed E-state index contributed by atoms with van der Waals surface area (Å²) in [4.78, 5) is 0. The highest BCUT2D eigenvalue weighted by Gasteiger charge is 2.29. The minimum Gasteiger partial charge on any atom is -0.464 e. The van der Waals surface area contributed by atoms with Crippen molar-refractivity contribution >= 4 is 0 Å². The Morgan fingerprint density at radius 3 is 2.85 bits per heavy atom.